The predicted octanol–water partition coefficient (Wildman–Crippen LogP) is -0.416. The van der Waals surface area contributed by atoms with Gasteiger partial charge in [0, 0.05) is 44.3 Å². The molecule has 1 aromatic rings. The van der Waals surface area contributed by atoms with Crippen LogP contribution >= 0.6 is 0 Å². The normalized spacial score (nSPS) is 13.7. The lowest BCUT2D eigenvalue weighted by Crippen LogP contribution is -2.54. The predicted molar refractivity (Wildman–Crippen MR) is 153 cm³/mol. The first-order valence-electron chi connectivity index (χ1n) is 13.8. The zero-order valence-corrected chi connectivity index (χ0v) is 23.9. The highest BCUT2D eigenvalue weighted by molar-refractivity contribution is 6.12. The average Bonchev–Trinajstić information content (AvgIpc) is 3.28. The molecular weight excluding hydrogens is 564 g/mol. The van der Waals surface area contributed by atoms with Gasteiger partial charge in [-0.15, -0.1) is 0 Å². The summed E-state index contributed by atoms with van der Waals surface area (Å²) in [5.41, 5.74) is 6.18. The number of carbonyl (C=O) groups is 7. The van der Waals surface area contributed by atoms with Gasteiger partial charge >= 0.3 is 12.0 Å². The van der Waals surface area contributed by atoms with E-state index < -0.39 is 48.4 Å². The molecule has 1 aromatic carbocycles. The number of carbonyl (C=O) groups excluding carboxylic acids is 7. The van der Waals surface area contributed by atoms with Gasteiger partial charge < -0.3 is 36.8 Å². The smallest absolute Gasteiger partial charge is 0.312 e. The van der Waals surface area contributed by atoms with Crippen molar-refractivity contribution in [2.75, 3.05) is 25.0 Å². The molecule has 1 heterocycles. The number of aliphatic hydroxyl groups is 1. The molecule has 15 heteroatoms. The number of nitrogens with two attached hydrogens (primary N) is 1. The van der Waals surface area contributed by atoms with Crippen LogP contribution < -0.4 is 27.0 Å². The van der Waals surface area contributed by atoms with Crippen LogP contribution in [0.1, 0.15) is 51.0 Å². The van der Waals surface area contributed by atoms with Crippen molar-refractivity contribution in [1.29, 1.82) is 0 Å². The van der Waals surface area contributed by atoms with Gasteiger partial charge in [0.25, 0.3) is 11.8 Å². The Morgan fingerprint density at radius 2 is 1.58 bits per heavy atom. The first kappa shape index (κ1) is 34.4. The number of primary amides is 1. The number of hydrogen-bond donors (Lipinski definition) is 6. The van der Waals surface area contributed by atoms with E-state index >= 15 is 0 Å². The molecule has 0 radical (unpaired) electrons. The van der Waals surface area contributed by atoms with E-state index in [1.807, 2.05) is 0 Å². The van der Waals surface area contributed by atoms with E-state index in [-0.39, 0.29) is 50.8 Å². The summed E-state index contributed by atoms with van der Waals surface area (Å²) in [6, 6.07) is 3.36. The summed E-state index contributed by atoms with van der Waals surface area (Å²) in [6.45, 7) is 1.04. The van der Waals surface area contributed by atoms with Crippen LogP contribution in [0.25, 0.3) is 0 Å². The number of aliphatic hydroxyl groups excluding tert-OH is 1. The van der Waals surface area contributed by atoms with Gasteiger partial charge in [-0.1, -0.05) is 18.6 Å². The van der Waals surface area contributed by atoms with Gasteiger partial charge in [0.2, 0.25) is 17.7 Å². The van der Waals surface area contributed by atoms with Gasteiger partial charge in [0.05, 0.1) is 6.61 Å². The molecule has 43 heavy (non-hydrogen) atoms. The second-order valence-corrected chi connectivity index (χ2v) is 9.74. The maximum Gasteiger partial charge on any atom is 0.312 e. The Labute approximate surface area is 248 Å². The minimum atomic E-state index is -1.32. The summed E-state index contributed by atoms with van der Waals surface area (Å²) in [5.74, 6) is -3.02. The Balaban J connectivity index is 1.89. The number of amides is 7. The molecule has 0 unspecified atom stereocenters. The van der Waals surface area contributed by atoms with Crippen molar-refractivity contribution >= 4 is 47.2 Å². The van der Waals surface area contributed by atoms with Crippen LogP contribution in [-0.4, -0.2) is 83.3 Å². The van der Waals surface area contributed by atoms with Crippen molar-refractivity contribution in [2.24, 2.45) is 5.73 Å². The van der Waals surface area contributed by atoms with Crippen molar-refractivity contribution in [3.63, 3.8) is 0 Å². The first-order valence-corrected chi connectivity index (χ1v) is 13.8. The highest BCUT2D eigenvalue weighted by atomic mass is 16.5. The number of urea groups is 1. The second-order valence-electron chi connectivity index (χ2n) is 9.74. The summed E-state index contributed by atoms with van der Waals surface area (Å²) in [4.78, 5) is 84.6. The number of unbranched alkanes of at least 4 members (excludes halogenated alkanes) is 2. The molecule has 1 aliphatic heterocycles. The largest absolute Gasteiger partial charge is 0.461 e. The van der Waals surface area contributed by atoms with Crippen LogP contribution in [0.4, 0.5) is 10.5 Å². The molecule has 0 aliphatic carbocycles. The topological polar surface area (TPSA) is 226 Å². The van der Waals surface area contributed by atoms with E-state index in [1.165, 1.54) is 19.1 Å². The summed E-state index contributed by atoms with van der Waals surface area (Å²) < 4.78 is 4.93. The number of esters is 1. The highest BCUT2D eigenvalue weighted by Gasteiger charge is 2.27. The van der Waals surface area contributed by atoms with Gasteiger partial charge in [-0.3, -0.25) is 33.7 Å². The number of imide groups is 1. The van der Waals surface area contributed by atoms with E-state index in [1.54, 1.807) is 24.3 Å². The zero-order valence-electron chi connectivity index (χ0n) is 23.9. The Hall–Kier alpha value is -4.79. The van der Waals surface area contributed by atoms with Crippen molar-refractivity contribution in [3.8, 4) is 0 Å². The first-order chi connectivity index (χ1) is 20.5. The average molecular weight is 603 g/mol. The van der Waals surface area contributed by atoms with E-state index in [0.717, 1.165) is 4.90 Å². The molecule has 1 aliphatic rings. The second kappa shape index (κ2) is 17.9. The third-order valence-electron chi connectivity index (χ3n) is 6.29. The number of nitrogens with zero attached hydrogens (tertiary/aromatic N) is 1. The molecule has 15 nitrogen and oxygen atoms in total. The Morgan fingerprint density at radius 1 is 0.907 bits per heavy atom. The molecule has 2 rings (SSSR count). The van der Waals surface area contributed by atoms with E-state index in [2.05, 4.69) is 21.3 Å². The molecule has 0 aromatic heterocycles. The van der Waals surface area contributed by atoms with Gasteiger partial charge in [-0.05, 0) is 43.4 Å². The van der Waals surface area contributed by atoms with Crippen molar-refractivity contribution in [1.82, 2.24) is 20.9 Å². The fourth-order valence-electron chi connectivity index (χ4n) is 4.00. The molecule has 7 amide bonds. The van der Waals surface area contributed by atoms with E-state index in [4.69, 9.17) is 10.5 Å². The summed E-state index contributed by atoms with van der Waals surface area (Å²) in [7, 11) is 0. The van der Waals surface area contributed by atoms with E-state index in [0.29, 0.717) is 30.5 Å². The number of benzene rings is 1. The third-order valence-corrected chi connectivity index (χ3v) is 6.29. The number of nitrogens with one attached hydrogen (secondary N) is 4. The lowest BCUT2D eigenvalue weighted by molar-refractivity contribution is -0.142. The van der Waals surface area contributed by atoms with Gasteiger partial charge in [-0.25, -0.2) is 4.79 Å². The lowest BCUT2D eigenvalue weighted by atomic mass is 10.1. The minimum Gasteiger partial charge on any atom is -0.461 e. The van der Waals surface area contributed by atoms with Gasteiger partial charge in [0.15, 0.2) is 0 Å². The molecule has 0 bridgehead atoms. The maximum atomic E-state index is 13.0. The molecule has 0 saturated heterocycles. The summed E-state index contributed by atoms with van der Waals surface area (Å²) in [5, 5.41) is 19.8. The maximum absolute atomic E-state index is 13.0. The van der Waals surface area contributed by atoms with E-state index in [9.17, 15) is 38.7 Å². The summed E-state index contributed by atoms with van der Waals surface area (Å²) >= 11 is 0. The fourth-order valence-corrected chi connectivity index (χ4v) is 4.00. The third kappa shape index (κ3) is 12.7. The Bertz CT molecular complexity index is 1180. The van der Waals surface area contributed by atoms with Crippen LogP contribution in [0, 0.1) is 0 Å². The van der Waals surface area contributed by atoms with Crippen LogP contribution in [0.5, 0.6) is 0 Å². The standard InChI is InChI=1S/C28H38N6O9/c1-18(36)43-17-19-8-10-20(11-9-19)31-26(40)21(6-5-14-30-28(29)42)33-27(41)22(16-35)32-23(37)7-3-2-4-15-34-24(38)12-13-25(34)39/h8-13,21-22,35H,2-7,14-17H2,1H3,(H,31,40)(H,32,37)(H,33,41)(H3,29,30,42)/t21-,22-/m0/s1. The van der Waals surface area contributed by atoms with Crippen molar-refractivity contribution in [3.05, 3.63) is 42.0 Å². The quantitative estimate of drug-likeness (QED) is 0.0728. The van der Waals surface area contributed by atoms with Crippen molar-refractivity contribution in [2.45, 2.75) is 64.1 Å². The number of rotatable bonds is 18. The van der Waals surface area contributed by atoms with Gasteiger partial charge in [-0.2, -0.15) is 0 Å². The number of hydrogen-bond acceptors (Lipinski definition) is 9. The summed E-state index contributed by atoms with van der Waals surface area (Å²) in [6.07, 6.45) is 4.31. The Kier molecular flexibility index (Phi) is 14.3. The number of ether oxygens (including phenoxy) is 1. The van der Waals surface area contributed by atoms with Crippen LogP contribution in [-0.2, 0) is 40.1 Å². The zero-order chi connectivity index (χ0) is 31.8. The highest BCUT2D eigenvalue weighted by Crippen LogP contribution is 2.12. The number of anilines is 1. The SMILES string of the molecule is CC(=O)OCc1ccc(NC(=O)[C@H](CCCNC(N)=O)NC(=O)[C@H](CO)NC(=O)CCCCCN2C(=O)C=CC2=O)cc1. The molecule has 0 saturated carbocycles. The van der Waals surface area contributed by atoms with Crippen molar-refractivity contribution < 1.29 is 43.4 Å². The lowest BCUT2D eigenvalue weighted by Gasteiger charge is -2.22. The van der Waals surface area contributed by atoms with Crippen LogP contribution in [0.2, 0.25) is 0 Å². The molecule has 234 valence electrons. The molecule has 2 atom stereocenters. The van der Waals surface area contributed by atoms with Crippen LogP contribution in [0.3, 0.4) is 0 Å². The van der Waals surface area contributed by atoms with Gasteiger partial charge in [0.1, 0.15) is 18.7 Å². The monoisotopic (exact) mass is 602 g/mol. The molecular formula is C28H38N6O9. The minimum absolute atomic E-state index is 0.0417. The molecule has 0 spiro atoms. The molecule has 0 fully saturated rings. The fraction of sp³-hybridized carbons (Fsp3) is 0.464. The Morgan fingerprint density at radius 3 is 2.19 bits per heavy atom. The molecule has 7 N–H and O–H groups in total. The van der Waals surface area contributed by atoms with Crippen LogP contribution in [0.15, 0.2) is 36.4 Å².